The van der Waals surface area contributed by atoms with Crippen LogP contribution < -0.4 is 0 Å². The van der Waals surface area contributed by atoms with Crippen LogP contribution in [0.2, 0.25) is 0 Å². The fourth-order valence-corrected chi connectivity index (χ4v) is 1.93. The molecular formula is C15H17BrN2O3. The number of esters is 1. The number of ether oxygens (including phenoxy) is 1. The normalized spacial score (nSPS) is 11.4. The van der Waals surface area contributed by atoms with Crippen LogP contribution in [0.1, 0.15) is 33.1 Å². The first-order valence-corrected chi connectivity index (χ1v) is 7.43. The van der Waals surface area contributed by atoms with Gasteiger partial charge in [-0.1, -0.05) is 15.9 Å². The fourth-order valence-electron chi connectivity index (χ4n) is 1.67. The predicted octanol–water partition coefficient (Wildman–Crippen LogP) is 3.77. The molecule has 2 rings (SSSR count). The summed E-state index contributed by atoms with van der Waals surface area (Å²) in [6, 6.07) is 7.57. The number of carbonyl (C=O) groups is 1. The summed E-state index contributed by atoms with van der Waals surface area (Å²) in [4.78, 5) is 11.6. The highest BCUT2D eigenvalue weighted by Crippen LogP contribution is 2.21. The maximum Gasteiger partial charge on any atom is 0.306 e. The molecule has 0 fully saturated rings. The van der Waals surface area contributed by atoms with Crippen LogP contribution in [0.5, 0.6) is 0 Å². The Morgan fingerprint density at radius 3 is 2.52 bits per heavy atom. The first-order chi connectivity index (χ1) is 9.83. The van der Waals surface area contributed by atoms with Gasteiger partial charge in [-0.15, -0.1) is 10.2 Å². The van der Waals surface area contributed by atoms with Crippen LogP contribution in [0.25, 0.3) is 11.5 Å². The molecule has 0 N–H and O–H groups in total. The van der Waals surface area contributed by atoms with Gasteiger partial charge in [-0.05, 0) is 45.0 Å². The van der Waals surface area contributed by atoms with Gasteiger partial charge in [-0.2, -0.15) is 0 Å². The molecule has 0 aliphatic carbocycles. The van der Waals surface area contributed by atoms with Crippen molar-refractivity contribution in [3.8, 4) is 11.5 Å². The van der Waals surface area contributed by atoms with E-state index < -0.39 is 5.60 Å². The molecule has 112 valence electrons. The largest absolute Gasteiger partial charge is 0.460 e. The second-order valence-electron chi connectivity index (χ2n) is 5.59. The minimum absolute atomic E-state index is 0.221. The number of aromatic nitrogens is 2. The molecule has 21 heavy (non-hydrogen) atoms. The standard InChI is InChI=1S/C15H17BrN2O3/c1-15(2,3)21-13(19)9-8-12-17-18-14(20-12)10-4-6-11(16)7-5-10/h4-7H,8-9H2,1-3H3. The van der Waals surface area contributed by atoms with Crippen LogP contribution in [-0.2, 0) is 16.0 Å². The Morgan fingerprint density at radius 1 is 1.24 bits per heavy atom. The van der Waals surface area contributed by atoms with Gasteiger partial charge in [-0.3, -0.25) is 4.79 Å². The lowest BCUT2D eigenvalue weighted by Crippen LogP contribution is -2.24. The SMILES string of the molecule is CC(C)(C)OC(=O)CCc1nnc(-c2ccc(Br)cc2)o1. The summed E-state index contributed by atoms with van der Waals surface area (Å²) in [5.74, 6) is 0.603. The van der Waals surface area contributed by atoms with Gasteiger partial charge < -0.3 is 9.15 Å². The van der Waals surface area contributed by atoms with Gasteiger partial charge >= 0.3 is 5.97 Å². The quantitative estimate of drug-likeness (QED) is 0.783. The molecule has 2 aromatic rings. The number of halogens is 1. The van der Waals surface area contributed by atoms with Crippen LogP contribution in [0.15, 0.2) is 33.2 Å². The molecule has 0 saturated heterocycles. The maximum absolute atomic E-state index is 11.6. The van der Waals surface area contributed by atoms with E-state index in [1.165, 1.54) is 0 Å². The van der Waals surface area contributed by atoms with Crippen LogP contribution in [0.4, 0.5) is 0 Å². The van der Waals surface area contributed by atoms with Crippen molar-refractivity contribution in [1.82, 2.24) is 10.2 Å². The van der Waals surface area contributed by atoms with E-state index in [2.05, 4.69) is 26.1 Å². The van der Waals surface area contributed by atoms with E-state index in [0.717, 1.165) is 10.0 Å². The summed E-state index contributed by atoms with van der Waals surface area (Å²) >= 11 is 3.37. The molecule has 0 aliphatic rings. The fraction of sp³-hybridized carbons (Fsp3) is 0.400. The van der Waals surface area contributed by atoms with E-state index in [1.807, 2.05) is 45.0 Å². The van der Waals surface area contributed by atoms with Gasteiger partial charge in [0.25, 0.3) is 0 Å². The summed E-state index contributed by atoms with van der Waals surface area (Å²) < 4.78 is 11.8. The number of hydrogen-bond donors (Lipinski definition) is 0. The lowest BCUT2D eigenvalue weighted by atomic mass is 10.2. The van der Waals surface area contributed by atoms with Crippen molar-refractivity contribution in [2.45, 2.75) is 39.2 Å². The van der Waals surface area contributed by atoms with Crippen LogP contribution >= 0.6 is 15.9 Å². The third-order valence-electron chi connectivity index (χ3n) is 2.52. The summed E-state index contributed by atoms with van der Waals surface area (Å²) in [6.45, 7) is 5.51. The van der Waals surface area contributed by atoms with Crippen LogP contribution in [-0.4, -0.2) is 21.8 Å². The van der Waals surface area contributed by atoms with Crippen molar-refractivity contribution in [3.63, 3.8) is 0 Å². The third kappa shape index (κ3) is 4.97. The predicted molar refractivity (Wildman–Crippen MR) is 81.6 cm³/mol. The summed E-state index contributed by atoms with van der Waals surface area (Å²) in [7, 11) is 0. The Morgan fingerprint density at radius 2 is 1.90 bits per heavy atom. The molecule has 0 radical (unpaired) electrons. The van der Waals surface area contributed by atoms with Crippen molar-refractivity contribution in [1.29, 1.82) is 0 Å². The molecule has 1 heterocycles. The van der Waals surface area contributed by atoms with Gasteiger partial charge in [0.2, 0.25) is 11.8 Å². The van der Waals surface area contributed by atoms with Crippen molar-refractivity contribution in [2.75, 3.05) is 0 Å². The Balaban J connectivity index is 1.94. The number of benzene rings is 1. The van der Waals surface area contributed by atoms with Crippen molar-refractivity contribution in [2.24, 2.45) is 0 Å². The third-order valence-corrected chi connectivity index (χ3v) is 3.05. The van der Waals surface area contributed by atoms with E-state index in [1.54, 1.807) is 0 Å². The molecule has 6 heteroatoms. The molecule has 0 spiro atoms. The summed E-state index contributed by atoms with van der Waals surface area (Å²) in [5, 5.41) is 7.93. The van der Waals surface area contributed by atoms with Gasteiger partial charge in [0.1, 0.15) is 5.60 Å². The van der Waals surface area contributed by atoms with E-state index >= 15 is 0 Å². The molecule has 0 amide bonds. The Bertz CT molecular complexity index is 615. The number of nitrogens with zero attached hydrogens (tertiary/aromatic N) is 2. The molecule has 5 nitrogen and oxygen atoms in total. The maximum atomic E-state index is 11.6. The van der Waals surface area contributed by atoms with E-state index in [4.69, 9.17) is 9.15 Å². The number of hydrogen-bond acceptors (Lipinski definition) is 5. The first kappa shape index (κ1) is 15.7. The summed E-state index contributed by atoms with van der Waals surface area (Å²) in [6.07, 6.45) is 0.595. The lowest BCUT2D eigenvalue weighted by Gasteiger charge is -2.19. The van der Waals surface area contributed by atoms with Gasteiger partial charge in [0.05, 0.1) is 6.42 Å². The molecule has 0 saturated carbocycles. The highest BCUT2D eigenvalue weighted by molar-refractivity contribution is 9.10. The molecular weight excluding hydrogens is 336 g/mol. The second kappa shape index (κ2) is 6.39. The molecule has 0 aliphatic heterocycles. The molecule has 1 aromatic heterocycles. The zero-order chi connectivity index (χ0) is 15.5. The smallest absolute Gasteiger partial charge is 0.306 e. The Kier molecular flexibility index (Phi) is 4.77. The minimum atomic E-state index is -0.478. The number of carbonyl (C=O) groups excluding carboxylic acids is 1. The van der Waals surface area contributed by atoms with Crippen molar-refractivity contribution in [3.05, 3.63) is 34.6 Å². The topological polar surface area (TPSA) is 65.2 Å². The van der Waals surface area contributed by atoms with E-state index in [0.29, 0.717) is 18.2 Å². The average Bonchev–Trinajstić information content (AvgIpc) is 2.84. The zero-order valence-electron chi connectivity index (χ0n) is 12.2. The Hall–Kier alpha value is -1.69. The monoisotopic (exact) mass is 352 g/mol. The minimum Gasteiger partial charge on any atom is -0.460 e. The van der Waals surface area contributed by atoms with Crippen molar-refractivity contribution < 1.29 is 13.9 Å². The van der Waals surface area contributed by atoms with Gasteiger partial charge in [0.15, 0.2) is 0 Å². The van der Waals surface area contributed by atoms with E-state index in [9.17, 15) is 4.79 Å². The first-order valence-electron chi connectivity index (χ1n) is 6.64. The van der Waals surface area contributed by atoms with Gasteiger partial charge in [0, 0.05) is 16.5 Å². The summed E-state index contributed by atoms with van der Waals surface area (Å²) in [5.41, 5.74) is 0.364. The van der Waals surface area contributed by atoms with Crippen molar-refractivity contribution >= 4 is 21.9 Å². The molecule has 0 atom stereocenters. The highest BCUT2D eigenvalue weighted by Gasteiger charge is 2.17. The second-order valence-corrected chi connectivity index (χ2v) is 6.51. The molecule has 0 unspecified atom stereocenters. The number of rotatable bonds is 4. The van der Waals surface area contributed by atoms with E-state index in [-0.39, 0.29) is 12.4 Å². The molecule has 1 aromatic carbocycles. The van der Waals surface area contributed by atoms with Gasteiger partial charge in [-0.25, -0.2) is 0 Å². The average molecular weight is 353 g/mol. The number of aryl methyl sites for hydroxylation is 1. The zero-order valence-corrected chi connectivity index (χ0v) is 13.8. The molecule has 0 bridgehead atoms. The van der Waals surface area contributed by atoms with Crippen LogP contribution in [0.3, 0.4) is 0 Å². The lowest BCUT2D eigenvalue weighted by molar-refractivity contribution is -0.154. The highest BCUT2D eigenvalue weighted by atomic mass is 79.9. The van der Waals surface area contributed by atoms with Crippen LogP contribution in [0, 0.1) is 0 Å². The Labute approximate surface area is 131 Å².